The highest BCUT2D eigenvalue weighted by molar-refractivity contribution is 14.0. The molecule has 0 saturated heterocycles. The molecular weight excluding hydrogens is 447 g/mol. The van der Waals surface area contributed by atoms with Crippen LogP contribution < -0.4 is 15.4 Å². The summed E-state index contributed by atoms with van der Waals surface area (Å²) in [5, 5.41) is 7.29. The van der Waals surface area contributed by atoms with Crippen molar-refractivity contribution < 1.29 is 13.5 Å². The Hall–Kier alpha value is -0.770. The van der Waals surface area contributed by atoms with E-state index in [4.69, 9.17) is 4.74 Å². The lowest BCUT2D eigenvalue weighted by atomic mass is 10.2. The van der Waals surface area contributed by atoms with E-state index in [0.29, 0.717) is 24.9 Å². The molecule has 136 valence electrons. The zero-order valence-corrected chi connectivity index (χ0v) is 17.0. The van der Waals surface area contributed by atoms with Gasteiger partial charge < -0.3 is 15.4 Å². The molecule has 1 aromatic rings. The maximum Gasteiger partial charge on any atom is 0.191 e. The summed E-state index contributed by atoms with van der Waals surface area (Å²) in [5.41, 5.74) is 0. The summed E-state index contributed by atoms with van der Waals surface area (Å²) in [6.45, 7) is 0.862. The number of ether oxygens (including phenoxy) is 1. The lowest BCUT2D eigenvalue weighted by Gasteiger charge is -2.17. The van der Waals surface area contributed by atoms with Gasteiger partial charge in [0.15, 0.2) is 17.6 Å². The molecule has 2 unspecified atom stereocenters. The van der Waals surface area contributed by atoms with Crippen molar-refractivity contribution in [2.45, 2.75) is 30.6 Å². The molecule has 0 amide bonds. The topological polar surface area (TPSA) is 45.7 Å². The largest absolute Gasteiger partial charge is 0.492 e. The molecule has 1 saturated carbocycles. The molecule has 4 nitrogen and oxygen atoms in total. The van der Waals surface area contributed by atoms with Gasteiger partial charge >= 0.3 is 0 Å². The van der Waals surface area contributed by atoms with Crippen molar-refractivity contribution in [1.29, 1.82) is 0 Å². The minimum atomic E-state index is -0.905. The summed E-state index contributed by atoms with van der Waals surface area (Å²) < 4.78 is 31.3. The molecule has 8 heteroatoms. The van der Waals surface area contributed by atoms with E-state index in [1.807, 2.05) is 11.8 Å². The molecule has 2 rings (SSSR count). The Balaban J connectivity index is 0.00000288. The van der Waals surface area contributed by atoms with Crippen LogP contribution in [0.5, 0.6) is 5.75 Å². The quantitative estimate of drug-likeness (QED) is 0.289. The zero-order valence-electron chi connectivity index (χ0n) is 13.9. The van der Waals surface area contributed by atoms with Gasteiger partial charge in [-0.3, -0.25) is 4.99 Å². The Morgan fingerprint density at radius 1 is 1.33 bits per heavy atom. The lowest BCUT2D eigenvalue weighted by Crippen LogP contribution is -2.43. The van der Waals surface area contributed by atoms with E-state index in [1.54, 1.807) is 7.05 Å². The zero-order chi connectivity index (χ0) is 16.7. The second-order valence-corrected chi connectivity index (χ2v) is 6.57. The van der Waals surface area contributed by atoms with Crippen LogP contribution in [0.4, 0.5) is 8.78 Å². The van der Waals surface area contributed by atoms with Crippen molar-refractivity contribution in [3.05, 3.63) is 29.8 Å². The average molecular weight is 471 g/mol. The predicted octanol–water partition coefficient (Wildman–Crippen LogP) is 3.41. The molecule has 0 spiro atoms. The fourth-order valence-corrected chi connectivity index (χ4v) is 3.37. The van der Waals surface area contributed by atoms with E-state index < -0.39 is 11.6 Å². The maximum absolute atomic E-state index is 13.1. The lowest BCUT2D eigenvalue weighted by molar-refractivity contribution is 0.318. The molecular formula is C16H24F2IN3OS. The summed E-state index contributed by atoms with van der Waals surface area (Å²) in [6, 6.07) is 3.96. The van der Waals surface area contributed by atoms with E-state index in [1.165, 1.54) is 12.5 Å². The highest BCUT2D eigenvalue weighted by Crippen LogP contribution is 2.27. The third-order valence-corrected chi connectivity index (χ3v) is 4.93. The van der Waals surface area contributed by atoms with Crippen molar-refractivity contribution in [2.75, 3.05) is 26.5 Å². The van der Waals surface area contributed by atoms with Gasteiger partial charge in [-0.05, 0) is 37.7 Å². The number of hydrogen-bond donors (Lipinski definition) is 2. The second kappa shape index (κ2) is 11.0. The van der Waals surface area contributed by atoms with Gasteiger partial charge in [-0.15, -0.1) is 24.0 Å². The Kier molecular flexibility index (Phi) is 9.72. The SMILES string of the molecule is CN=C(NCCOc1ccc(F)c(F)c1)NC1CCC(SC)C1.I. The normalized spacial score (nSPS) is 20.4. The molecule has 24 heavy (non-hydrogen) atoms. The molecule has 0 aromatic heterocycles. The summed E-state index contributed by atoms with van der Waals surface area (Å²) >= 11 is 1.91. The molecule has 1 aromatic carbocycles. The molecule has 2 N–H and O–H groups in total. The van der Waals surface area contributed by atoms with Gasteiger partial charge in [-0.1, -0.05) is 0 Å². The van der Waals surface area contributed by atoms with Crippen molar-refractivity contribution in [1.82, 2.24) is 10.6 Å². The smallest absolute Gasteiger partial charge is 0.191 e. The van der Waals surface area contributed by atoms with Gasteiger partial charge in [0.05, 0.1) is 6.54 Å². The number of guanidine groups is 1. The van der Waals surface area contributed by atoms with E-state index in [0.717, 1.165) is 36.2 Å². The first kappa shape index (κ1) is 21.3. The van der Waals surface area contributed by atoms with Crippen molar-refractivity contribution >= 4 is 41.7 Å². The molecule has 0 aliphatic heterocycles. The van der Waals surface area contributed by atoms with E-state index in [-0.39, 0.29) is 24.0 Å². The number of rotatable bonds is 6. The van der Waals surface area contributed by atoms with Crippen LogP contribution in [0.25, 0.3) is 0 Å². The third-order valence-electron chi connectivity index (χ3n) is 3.84. The monoisotopic (exact) mass is 471 g/mol. The maximum atomic E-state index is 13.1. The van der Waals surface area contributed by atoms with E-state index in [9.17, 15) is 8.78 Å². The number of halogens is 3. The van der Waals surface area contributed by atoms with Gasteiger partial charge in [-0.25, -0.2) is 8.78 Å². The molecule has 1 aliphatic rings. The van der Waals surface area contributed by atoms with Crippen molar-refractivity contribution in [3.63, 3.8) is 0 Å². The van der Waals surface area contributed by atoms with Gasteiger partial charge in [0.2, 0.25) is 0 Å². The van der Waals surface area contributed by atoms with Crippen LogP contribution in [0.2, 0.25) is 0 Å². The van der Waals surface area contributed by atoms with Crippen LogP contribution >= 0.6 is 35.7 Å². The highest BCUT2D eigenvalue weighted by Gasteiger charge is 2.24. The highest BCUT2D eigenvalue weighted by atomic mass is 127. The van der Waals surface area contributed by atoms with Crippen LogP contribution in [-0.2, 0) is 0 Å². The van der Waals surface area contributed by atoms with Crippen molar-refractivity contribution in [2.24, 2.45) is 4.99 Å². The van der Waals surface area contributed by atoms with Crippen LogP contribution in [0.1, 0.15) is 19.3 Å². The minimum absolute atomic E-state index is 0. The molecule has 1 aliphatic carbocycles. The summed E-state index contributed by atoms with van der Waals surface area (Å²) in [7, 11) is 1.73. The van der Waals surface area contributed by atoms with Gasteiger partial charge in [-0.2, -0.15) is 11.8 Å². The molecule has 0 heterocycles. The second-order valence-electron chi connectivity index (χ2n) is 5.44. The standard InChI is InChI=1S/C16H23F2N3OS.HI/c1-19-16(21-11-3-5-13(9-11)23-2)20-7-8-22-12-4-6-14(17)15(18)10-12;/h4,6,10-11,13H,3,5,7-9H2,1-2H3,(H2,19,20,21);1H. The summed E-state index contributed by atoms with van der Waals surface area (Å²) in [6.07, 6.45) is 5.68. The van der Waals surface area contributed by atoms with Crippen LogP contribution in [0.15, 0.2) is 23.2 Å². The first-order valence-electron chi connectivity index (χ1n) is 7.70. The first-order valence-corrected chi connectivity index (χ1v) is 8.99. The summed E-state index contributed by atoms with van der Waals surface area (Å²) in [5.74, 6) is -0.726. The fourth-order valence-electron chi connectivity index (χ4n) is 2.58. The Morgan fingerprint density at radius 2 is 2.12 bits per heavy atom. The van der Waals surface area contributed by atoms with Crippen LogP contribution in [-0.4, -0.2) is 43.7 Å². The Morgan fingerprint density at radius 3 is 2.75 bits per heavy atom. The Labute approximate surface area is 163 Å². The molecule has 0 radical (unpaired) electrons. The van der Waals surface area contributed by atoms with Gasteiger partial charge in [0.25, 0.3) is 0 Å². The molecule has 1 fully saturated rings. The number of hydrogen-bond acceptors (Lipinski definition) is 3. The predicted molar refractivity (Wildman–Crippen MR) is 107 cm³/mol. The number of thioether (sulfide) groups is 1. The minimum Gasteiger partial charge on any atom is -0.492 e. The number of aliphatic imine (C=N–C) groups is 1. The first-order chi connectivity index (χ1) is 11.1. The van der Waals surface area contributed by atoms with E-state index in [2.05, 4.69) is 21.9 Å². The van der Waals surface area contributed by atoms with Crippen molar-refractivity contribution in [3.8, 4) is 5.75 Å². The average Bonchev–Trinajstić information content (AvgIpc) is 3.01. The third kappa shape index (κ3) is 6.62. The summed E-state index contributed by atoms with van der Waals surface area (Å²) in [4.78, 5) is 4.20. The number of nitrogens with zero attached hydrogens (tertiary/aromatic N) is 1. The van der Waals surface area contributed by atoms with Crippen LogP contribution in [0.3, 0.4) is 0 Å². The fraction of sp³-hybridized carbons (Fsp3) is 0.562. The number of benzene rings is 1. The van der Waals surface area contributed by atoms with Gasteiger partial charge in [0, 0.05) is 24.4 Å². The van der Waals surface area contributed by atoms with Crippen LogP contribution in [0, 0.1) is 11.6 Å². The van der Waals surface area contributed by atoms with E-state index >= 15 is 0 Å². The Bertz CT molecular complexity index is 548. The molecule has 0 bridgehead atoms. The molecule has 2 atom stereocenters. The number of nitrogens with one attached hydrogen (secondary N) is 2. The van der Waals surface area contributed by atoms with Gasteiger partial charge in [0.1, 0.15) is 12.4 Å².